The first-order valence-electron chi connectivity index (χ1n) is 8.77. The highest BCUT2D eigenvalue weighted by Crippen LogP contribution is 2.49. The molecule has 0 saturated heterocycles. The molecule has 3 rings (SSSR count). The fourth-order valence-electron chi connectivity index (χ4n) is 4.69. The summed E-state index contributed by atoms with van der Waals surface area (Å²) in [5.41, 5.74) is 0. The molecule has 0 heterocycles. The van der Waals surface area contributed by atoms with Crippen LogP contribution in [0, 0.1) is 23.7 Å². The third-order valence-corrected chi connectivity index (χ3v) is 5.87. The summed E-state index contributed by atoms with van der Waals surface area (Å²) in [5, 5.41) is 5.74. The minimum absolute atomic E-state index is 0.0375. The van der Waals surface area contributed by atoms with Crippen molar-refractivity contribution in [3.05, 3.63) is 0 Å². The highest BCUT2D eigenvalue weighted by Gasteiger charge is 2.38. The molecule has 0 spiro atoms. The van der Waals surface area contributed by atoms with Crippen molar-refractivity contribution in [3.8, 4) is 0 Å². The lowest BCUT2D eigenvalue weighted by Crippen LogP contribution is -2.39. The van der Waals surface area contributed by atoms with Crippen LogP contribution in [0.1, 0.15) is 57.8 Å². The predicted octanol–water partition coefficient (Wildman–Crippen LogP) is 2.24. The smallest absolute Gasteiger partial charge is 0.239 e. The van der Waals surface area contributed by atoms with Gasteiger partial charge < -0.3 is 10.6 Å². The van der Waals surface area contributed by atoms with Gasteiger partial charge in [-0.15, -0.1) is 0 Å². The Labute approximate surface area is 127 Å². The van der Waals surface area contributed by atoms with Crippen LogP contribution >= 0.6 is 0 Å². The summed E-state index contributed by atoms with van der Waals surface area (Å²) in [6.07, 6.45) is 11.0. The Kier molecular flexibility index (Phi) is 4.81. The second-order valence-electron chi connectivity index (χ2n) is 7.27. The first kappa shape index (κ1) is 14.9. The van der Waals surface area contributed by atoms with Crippen molar-refractivity contribution in [2.45, 2.75) is 57.8 Å². The number of carbonyl (C=O) groups is 2. The van der Waals surface area contributed by atoms with E-state index in [4.69, 9.17) is 0 Å². The molecule has 0 aliphatic heterocycles. The van der Waals surface area contributed by atoms with Crippen LogP contribution in [0.5, 0.6) is 0 Å². The van der Waals surface area contributed by atoms with Crippen molar-refractivity contribution in [1.29, 1.82) is 0 Å². The summed E-state index contributed by atoms with van der Waals surface area (Å²) in [6.45, 7) is 0.915. The quantitative estimate of drug-likeness (QED) is 0.789. The predicted molar refractivity (Wildman–Crippen MR) is 81.5 cm³/mol. The van der Waals surface area contributed by atoms with Crippen LogP contribution in [0.2, 0.25) is 0 Å². The topological polar surface area (TPSA) is 58.2 Å². The Bertz CT molecular complexity index is 390. The standard InChI is InChI=1S/C17H28N2O2/c20-16(11-19-17(21)13-3-1-2-4-13)18-8-7-15-10-12-5-6-14(15)9-12/h12-15H,1-11H2,(H,18,20)(H,19,21)/t12-,14-,15-/m0/s1. The highest BCUT2D eigenvalue weighted by atomic mass is 16.2. The van der Waals surface area contributed by atoms with Gasteiger partial charge in [0.2, 0.25) is 11.8 Å². The van der Waals surface area contributed by atoms with Gasteiger partial charge in [-0.25, -0.2) is 0 Å². The zero-order chi connectivity index (χ0) is 14.7. The lowest BCUT2D eigenvalue weighted by atomic mass is 9.86. The van der Waals surface area contributed by atoms with Crippen LogP contribution in [0.4, 0.5) is 0 Å². The molecule has 3 aliphatic carbocycles. The summed E-state index contributed by atoms with van der Waals surface area (Å²) in [5.74, 6) is 2.90. The van der Waals surface area contributed by atoms with Gasteiger partial charge in [-0.1, -0.05) is 19.3 Å². The van der Waals surface area contributed by atoms with Crippen LogP contribution < -0.4 is 10.6 Å². The second-order valence-corrected chi connectivity index (χ2v) is 7.27. The molecule has 0 aromatic rings. The van der Waals surface area contributed by atoms with E-state index in [0.29, 0.717) is 0 Å². The molecule has 21 heavy (non-hydrogen) atoms. The van der Waals surface area contributed by atoms with E-state index >= 15 is 0 Å². The molecule has 3 aliphatic rings. The van der Waals surface area contributed by atoms with Crippen molar-refractivity contribution < 1.29 is 9.59 Å². The van der Waals surface area contributed by atoms with E-state index in [-0.39, 0.29) is 24.3 Å². The van der Waals surface area contributed by atoms with Crippen molar-refractivity contribution >= 4 is 11.8 Å². The van der Waals surface area contributed by atoms with Gasteiger partial charge in [0.05, 0.1) is 6.54 Å². The Morgan fingerprint density at radius 3 is 2.43 bits per heavy atom. The zero-order valence-corrected chi connectivity index (χ0v) is 12.9. The number of amides is 2. The number of nitrogens with one attached hydrogen (secondary N) is 2. The Morgan fingerprint density at radius 1 is 0.952 bits per heavy atom. The molecule has 118 valence electrons. The molecule has 0 aromatic carbocycles. The Hall–Kier alpha value is -1.06. The van der Waals surface area contributed by atoms with Gasteiger partial charge >= 0.3 is 0 Å². The molecule has 2 N–H and O–H groups in total. The number of fused-ring (bicyclic) bond motifs is 2. The third kappa shape index (κ3) is 3.78. The number of hydrogen-bond donors (Lipinski definition) is 2. The van der Waals surface area contributed by atoms with Crippen LogP contribution in [0.3, 0.4) is 0 Å². The molecular weight excluding hydrogens is 264 g/mol. The maximum Gasteiger partial charge on any atom is 0.239 e. The van der Waals surface area contributed by atoms with E-state index in [0.717, 1.165) is 56.4 Å². The molecule has 2 amide bonds. The van der Waals surface area contributed by atoms with E-state index in [1.165, 1.54) is 25.7 Å². The SMILES string of the molecule is O=C(CNC(=O)C1CCCC1)NCC[C@H]1C[C@H]2CC[C@H]1C2. The molecule has 4 nitrogen and oxygen atoms in total. The van der Waals surface area contributed by atoms with E-state index in [9.17, 15) is 9.59 Å². The van der Waals surface area contributed by atoms with Gasteiger partial charge in [0, 0.05) is 12.5 Å². The summed E-state index contributed by atoms with van der Waals surface area (Å²) >= 11 is 0. The first-order valence-corrected chi connectivity index (χ1v) is 8.77. The van der Waals surface area contributed by atoms with Crippen LogP contribution in [-0.2, 0) is 9.59 Å². The van der Waals surface area contributed by atoms with Crippen LogP contribution in [0.25, 0.3) is 0 Å². The highest BCUT2D eigenvalue weighted by molar-refractivity contribution is 5.85. The van der Waals surface area contributed by atoms with E-state index in [1.54, 1.807) is 0 Å². The van der Waals surface area contributed by atoms with Gasteiger partial charge in [0.1, 0.15) is 0 Å². The monoisotopic (exact) mass is 292 g/mol. The minimum Gasteiger partial charge on any atom is -0.355 e. The summed E-state index contributed by atoms with van der Waals surface area (Å²) in [6, 6.07) is 0. The lowest BCUT2D eigenvalue weighted by Gasteiger charge is -2.21. The van der Waals surface area contributed by atoms with Crippen molar-refractivity contribution in [2.24, 2.45) is 23.7 Å². The van der Waals surface area contributed by atoms with E-state index in [2.05, 4.69) is 10.6 Å². The molecule has 0 aromatic heterocycles. The molecule has 4 heteroatoms. The van der Waals surface area contributed by atoms with Gasteiger partial charge in [-0.05, 0) is 56.3 Å². The number of carbonyl (C=O) groups excluding carboxylic acids is 2. The average molecular weight is 292 g/mol. The van der Waals surface area contributed by atoms with Gasteiger partial charge in [0.15, 0.2) is 0 Å². The minimum atomic E-state index is -0.0375. The van der Waals surface area contributed by atoms with Gasteiger partial charge in [0.25, 0.3) is 0 Å². The second kappa shape index (κ2) is 6.80. The summed E-state index contributed by atoms with van der Waals surface area (Å²) in [4.78, 5) is 23.6. The maximum absolute atomic E-state index is 11.8. The molecule has 3 atom stereocenters. The lowest BCUT2D eigenvalue weighted by molar-refractivity contribution is -0.128. The summed E-state index contributed by atoms with van der Waals surface area (Å²) in [7, 11) is 0. The van der Waals surface area contributed by atoms with Crippen LogP contribution in [0.15, 0.2) is 0 Å². The molecule has 2 bridgehead atoms. The van der Waals surface area contributed by atoms with Gasteiger partial charge in [-0.2, -0.15) is 0 Å². The van der Waals surface area contributed by atoms with Crippen molar-refractivity contribution in [1.82, 2.24) is 10.6 Å². The molecule has 3 saturated carbocycles. The summed E-state index contributed by atoms with van der Waals surface area (Å²) < 4.78 is 0. The molecular formula is C17H28N2O2. The fourth-order valence-corrected chi connectivity index (χ4v) is 4.69. The van der Waals surface area contributed by atoms with Crippen molar-refractivity contribution in [3.63, 3.8) is 0 Å². The number of rotatable bonds is 6. The third-order valence-electron chi connectivity index (χ3n) is 5.87. The zero-order valence-electron chi connectivity index (χ0n) is 12.9. The molecule has 0 unspecified atom stereocenters. The van der Waals surface area contributed by atoms with Gasteiger partial charge in [-0.3, -0.25) is 9.59 Å². The maximum atomic E-state index is 11.8. The Morgan fingerprint density at radius 2 is 1.76 bits per heavy atom. The molecule has 3 fully saturated rings. The number of hydrogen-bond acceptors (Lipinski definition) is 2. The van der Waals surface area contributed by atoms with E-state index in [1.807, 2.05) is 0 Å². The molecule has 0 radical (unpaired) electrons. The first-order chi connectivity index (χ1) is 10.2. The van der Waals surface area contributed by atoms with Crippen molar-refractivity contribution in [2.75, 3.05) is 13.1 Å². The normalized spacial score (nSPS) is 31.5. The van der Waals surface area contributed by atoms with Crippen LogP contribution in [-0.4, -0.2) is 24.9 Å². The largest absolute Gasteiger partial charge is 0.355 e. The van der Waals surface area contributed by atoms with E-state index < -0.39 is 0 Å². The average Bonchev–Trinajstić information content (AvgIpc) is 3.21. The fraction of sp³-hybridized carbons (Fsp3) is 0.882. The Balaban J connectivity index is 1.27.